The molecular formula is C21H14F12N2O2. The van der Waals surface area contributed by atoms with E-state index < -0.39 is 83.1 Å². The number of benzene rings is 2. The Morgan fingerprint density at radius 3 is 1.54 bits per heavy atom. The maximum atomic E-state index is 13.2. The van der Waals surface area contributed by atoms with E-state index in [1.807, 2.05) is 0 Å². The van der Waals surface area contributed by atoms with Crippen LogP contribution in [-0.4, -0.2) is 18.4 Å². The molecular weight excluding hydrogens is 540 g/mol. The van der Waals surface area contributed by atoms with Crippen molar-refractivity contribution < 1.29 is 62.3 Å². The fourth-order valence-electron chi connectivity index (χ4n) is 3.23. The van der Waals surface area contributed by atoms with Gasteiger partial charge in [0.1, 0.15) is 6.42 Å². The molecule has 0 aromatic heterocycles. The number of carbonyl (C=O) groups excluding carboxylic acids is 2. The number of alkyl halides is 12. The lowest BCUT2D eigenvalue weighted by molar-refractivity contribution is -0.162. The van der Waals surface area contributed by atoms with Crippen LogP contribution in [0.4, 0.5) is 64.1 Å². The van der Waals surface area contributed by atoms with Crippen molar-refractivity contribution in [3.05, 3.63) is 58.7 Å². The number of nitrogens with one attached hydrogen (secondary N) is 1. The van der Waals surface area contributed by atoms with Gasteiger partial charge in [0.2, 0.25) is 11.8 Å². The number of carbonyl (C=O) groups is 2. The predicted octanol–water partition coefficient (Wildman–Crippen LogP) is 7.14. The van der Waals surface area contributed by atoms with Gasteiger partial charge in [0, 0.05) is 17.9 Å². The average molecular weight is 554 g/mol. The zero-order valence-electron chi connectivity index (χ0n) is 18.2. The fourth-order valence-corrected chi connectivity index (χ4v) is 3.23. The molecule has 2 aromatic rings. The Labute approximate surface area is 199 Å². The third-order valence-corrected chi connectivity index (χ3v) is 4.77. The van der Waals surface area contributed by atoms with Gasteiger partial charge in [0.05, 0.1) is 22.3 Å². The summed E-state index contributed by atoms with van der Waals surface area (Å²) in [6.45, 7) is 0.791. The van der Waals surface area contributed by atoms with E-state index in [2.05, 4.69) is 0 Å². The molecule has 16 heteroatoms. The lowest BCUT2D eigenvalue weighted by Gasteiger charge is -2.24. The van der Waals surface area contributed by atoms with E-state index in [-0.39, 0.29) is 24.3 Å². The van der Waals surface area contributed by atoms with E-state index in [1.54, 1.807) is 5.32 Å². The van der Waals surface area contributed by atoms with Crippen molar-refractivity contribution >= 4 is 23.2 Å². The van der Waals surface area contributed by atoms with Crippen LogP contribution in [0.1, 0.15) is 35.6 Å². The van der Waals surface area contributed by atoms with Crippen LogP contribution in [0.15, 0.2) is 36.4 Å². The molecule has 204 valence electrons. The number of halogens is 12. The monoisotopic (exact) mass is 554 g/mol. The number of amides is 2. The van der Waals surface area contributed by atoms with Gasteiger partial charge in [-0.3, -0.25) is 9.59 Å². The summed E-state index contributed by atoms with van der Waals surface area (Å²) in [5, 5.41) is 1.78. The number of rotatable bonds is 5. The first-order valence-corrected chi connectivity index (χ1v) is 9.83. The van der Waals surface area contributed by atoms with Gasteiger partial charge in [-0.2, -0.15) is 52.7 Å². The molecule has 0 bridgehead atoms. The lowest BCUT2D eigenvalue weighted by atomic mass is 10.0. The first-order valence-electron chi connectivity index (χ1n) is 9.83. The molecule has 0 saturated carbocycles. The van der Waals surface area contributed by atoms with Crippen LogP contribution in [-0.2, 0) is 34.3 Å². The Hall–Kier alpha value is -3.46. The molecule has 1 N–H and O–H groups in total. The molecule has 4 nitrogen and oxygen atoms in total. The molecule has 0 aliphatic rings. The van der Waals surface area contributed by atoms with Crippen LogP contribution in [0.5, 0.6) is 0 Å². The third-order valence-electron chi connectivity index (χ3n) is 4.77. The number of hydrogen-bond donors (Lipinski definition) is 1. The molecule has 0 saturated heterocycles. The molecule has 0 fully saturated rings. The van der Waals surface area contributed by atoms with E-state index in [0.717, 1.165) is 0 Å². The van der Waals surface area contributed by atoms with E-state index in [0.29, 0.717) is 17.0 Å². The Morgan fingerprint density at radius 1 is 0.676 bits per heavy atom. The van der Waals surface area contributed by atoms with Crippen molar-refractivity contribution in [3.8, 4) is 0 Å². The molecule has 0 atom stereocenters. The highest BCUT2D eigenvalue weighted by molar-refractivity contribution is 6.09. The molecule has 0 radical (unpaired) electrons. The second kappa shape index (κ2) is 10.1. The Morgan fingerprint density at radius 2 is 1.11 bits per heavy atom. The SMILES string of the molecule is CCN(C(=O)CC(=O)Nc1ccc(C(F)(F)F)c(C(F)(F)F)c1)c1ccc(C(F)(F)F)c(C(F)(F)F)c1. The zero-order valence-corrected chi connectivity index (χ0v) is 18.2. The molecule has 0 unspecified atom stereocenters. The van der Waals surface area contributed by atoms with E-state index >= 15 is 0 Å². The number of hydrogen-bond acceptors (Lipinski definition) is 2. The van der Waals surface area contributed by atoms with Crippen molar-refractivity contribution in [2.75, 3.05) is 16.8 Å². The molecule has 0 spiro atoms. The van der Waals surface area contributed by atoms with Crippen molar-refractivity contribution in [1.82, 2.24) is 0 Å². The van der Waals surface area contributed by atoms with Gasteiger partial charge in [-0.25, -0.2) is 0 Å². The highest BCUT2D eigenvalue weighted by atomic mass is 19.4. The van der Waals surface area contributed by atoms with Crippen LogP contribution in [0.2, 0.25) is 0 Å². The zero-order chi connectivity index (χ0) is 28.6. The first-order chi connectivity index (χ1) is 16.7. The minimum absolute atomic E-state index is 0.0196. The lowest BCUT2D eigenvalue weighted by Crippen LogP contribution is -2.34. The Balaban J connectivity index is 2.30. The molecule has 0 aliphatic carbocycles. The normalized spacial score (nSPS) is 12.9. The van der Waals surface area contributed by atoms with Crippen LogP contribution in [0, 0.1) is 0 Å². The summed E-state index contributed by atoms with van der Waals surface area (Å²) < 4.78 is 156. The summed E-state index contributed by atoms with van der Waals surface area (Å²) in [7, 11) is 0. The Bertz CT molecular complexity index is 1160. The average Bonchev–Trinajstić information content (AvgIpc) is 2.71. The van der Waals surface area contributed by atoms with Crippen molar-refractivity contribution in [2.24, 2.45) is 0 Å². The second-order valence-electron chi connectivity index (χ2n) is 7.34. The highest BCUT2D eigenvalue weighted by Gasteiger charge is 2.44. The summed E-state index contributed by atoms with van der Waals surface area (Å²) in [5.74, 6) is -2.60. The van der Waals surface area contributed by atoms with E-state index in [9.17, 15) is 62.3 Å². The quantitative estimate of drug-likeness (QED) is 0.316. The summed E-state index contributed by atoms with van der Waals surface area (Å²) in [6.07, 6.45) is -22.9. The van der Waals surface area contributed by atoms with Crippen molar-refractivity contribution in [2.45, 2.75) is 38.0 Å². The van der Waals surface area contributed by atoms with Gasteiger partial charge in [0.25, 0.3) is 0 Å². The minimum Gasteiger partial charge on any atom is -0.326 e. The van der Waals surface area contributed by atoms with Gasteiger partial charge in [-0.1, -0.05) is 0 Å². The minimum atomic E-state index is -5.46. The van der Waals surface area contributed by atoms with Gasteiger partial charge in [-0.05, 0) is 43.3 Å². The summed E-state index contributed by atoms with van der Waals surface area (Å²) in [5.41, 5.74) is -9.70. The highest BCUT2D eigenvalue weighted by Crippen LogP contribution is 2.43. The third kappa shape index (κ3) is 7.29. The smallest absolute Gasteiger partial charge is 0.326 e. The van der Waals surface area contributed by atoms with Crippen LogP contribution in [0.25, 0.3) is 0 Å². The van der Waals surface area contributed by atoms with Gasteiger partial charge < -0.3 is 10.2 Å². The topological polar surface area (TPSA) is 49.4 Å². The second-order valence-corrected chi connectivity index (χ2v) is 7.34. The van der Waals surface area contributed by atoms with Crippen LogP contribution < -0.4 is 10.2 Å². The number of nitrogens with zero attached hydrogens (tertiary/aromatic N) is 1. The Kier molecular flexibility index (Phi) is 8.15. The van der Waals surface area contributed by atoms with E-state index in [4.69, 9.17) is 0 Å². The molecule has 2 aromatic carbocycles. The summed E-state index contributed by atoms with van der Waals surface area (Å²) in [6, 6.07) is 1.22. The van der Waals surface area contributed by atoms with Gasteiger partial charge >= 0.3 is 24.7 Å². The maximum Gasteiger partial charge on any atom is 0.417 e. The fraction of sp³-hybridized carbons (Fsp3) is 0.333. The van der Waals surface area contributed by atoms with Crippen molar-refractivity contribution in [1.29, 1.82) is 0 Å². The summed E-state index contributed by atoms with van der Waals surface area (Å²) in [4.78, 5) is 25.1. The summed E-state index contributed by atoms with van der Waals surface area (Å²) >= 11 is 0. The molecule has 2 amide bonds. The molecule has 0 aliphatic heterocycles. The largest absolute Gasteiger partial charge is 0.417 e. The molecule has 2 rings (SSSR count). The van der Waals surface area contributed by atoms with Gasteiger partial charge in [-0.15, -0.1) is 0 Å². The van der Waals surface area contributed by atoms with E-state index in [1.165, 1.54) is 6.92 Å². The van der Waals surface area contributed by atoms with Crippen LogP contribution >= 0.6 is 0 Å². The van der Waals surface area contributed by atoms with Gasteiger partial charge in [0.15, 0.2) is 0 Å². The molecule has 0 heterocycles. The first kappa shape index (κ1) is 29.8. The van der Waals surface area contributed by atoms with Crippen LogP contribution in [0.3, 0.4) is 0 Å². The predicted molar refractivity (Wildman–Crippen MR) is 104 cm³/mol. The number of anilines is 2. The van der Waals surface area contributed by atoms with Crippen molar-refractivity contribution in [3.63, 3.8) is 0 Å². The standard InChI is InChI=1S/C21H14F12N2O2/c1-2-35(11-4-6-13(19(25,26)27)15(8-11)21(31,32)33)17(37)9-16(36)34-10-3-5-12(18(22,23)24)14(7-10)20(28,29)30/h3-8H,2,9H2,1H3,(H,34,36). The maximum absolute atomic E-state index is 13.2. The molecule has 37 heavy (non-hydrogen) atoms.